The molecule has 9 nitrogen and oxygen atoms in total. The third-order valence-electron chi connectivity index (χ3n) is 18.0. The zero-order valence-electron chi connectivity index (χ0n) is 57.3. The van der Waals surface area contributed by atoms with E-state index in [2.05, 4.69) is 302 Å². The number of nitrogens with zero attached hydrogens (tertiary/aromatic N) is 9. The predicted molar refractivity (Wildman–Crippen MR) is 431 cm³/mol. The van der Waals surface area contributed by atoms with E-state index in [0.717, 1.165) is 120 Å². The summed E-state index contributed by atoms with van der Waals surface area (Å²) in [5.41, 5.74) is 25.2. The van der Waals surface area contributed by atoms with E-state index >= 15 is 0 Å². The Kier molecular flexibility index (Phi) is 19.4. The number of hydrogen-bond acceptors (Lipinski definition) is 9. The summed E-state index contributed by atoms with van der Waals surface area (Å²) in [6.07, 6.45) is 0. The number of fused-ring (bicyclic) bond motifs is 3. The molecule has 5 aromatic heterocycles. The topological polar surface area (TPSA) is 116 Å². The summed E-state index contributed by atoms with van der Waals surface area (Å²) in [5.74, 6) is 3.84. The van der Waals surface area contributed by atoms with Crippen LogP contribution in [0.25, 0.3) is 157 Å². The average Bonchev–Trinajstić information content (AvgIpc) is 0.809. The Hall–Kier alpha value is -12.2. The van der Waals surface area contributed by atoms with Crippen molar-refractivity contribution in [2.45, 2.75) is 34.6 Å². The van der Waals surface area contributed by atoms with E-state index in [1.807, 2.05) is 84.9 Å². The number of para-hydroxylation sites is 3. The second-order valence-electron chi connectivity index (χ2n) is 25.7. The van der Waals surface area contributed by atoms with Crippen molar-refractivity contribution < 1.29 is 0 Å². The van der Waals surface area contributed by atoms with E-state index in [-0.39, 0.29) is 0 Å². The summed E-state index contributed by atoms with van der Waals surface area (Å²) < 4.78 is 1.93. The van der Waals surface area contributed by atoms with E-state index in [1.165, 1.54) is 38.8 Å². The summed E-state index contributed by atoms with van der Waals surface area (Å²) in [4.78, 5) is 44.1. The Labute approximate surface area is 616 Å². The molecule has 17 aromatic rings. The van der Waals surface area contributed by atoms with Crippen molar-refractivity contribution in [2.75, 3.05) is 0 Å². The number of pyridine rings is 3. The lowest BCUT2D eigenvalue weighted by Crippen LogP contribution is -2.00. The molecule has 0 aliphatic rings. The lowest BCUT2D eigenvalue weighted by Gasteiger charge is -2.13. The number of aromatic nitrogens is 9. The smallest absolute Gasteiger partial charge is 0.164 e. The Bertz CT molecular complexity index is 5620. The Balaban J connectivity index is 0.000000155. The number of hydrogen-bond donors (Lipinski definition) is 0. The highest BCUT2D eigenvalue weighted by molar-refractivity contribution is 9.11. The van der Waals surface area contributed by atoms with Gasteiger partial charge in [-0.1, -0.05) is 302 Å². The van der Waals surface area contributed by atoms with Crippen LogP contribution in [-0.2, 0) is 0 Å². The van der Waals surface area contributed by atoms with E-state index in [4.69, 9.17) is 39.9 Å². The first kappa shape index (κ1) is 66.7. The standard InChI is InChI=1S/C53H37N5.C23H17Br2N3.C16H13N/c1-34-11-15-42(16-12-34)51-56-52(43-17-13-35(2)14-18-43)58-53(57-51)46-32-44(36-19-23-40(24-20-36)49-29-27-38-7-3-5-9-47(38)54-49)31-45(33-46)37-21-25-41(26-22-37)50-30-28-39-8-4-6-10-48(39)55-50;1-14-3-7-16(8-4-14)21-26-22(17-9-5-15(2)6-10-17)28-23(27-21)18-11-19(24)13-20(25)12-18;1-12-6-8-14(9-7-12)16-11-10-13-4-2-3-5-15(13)17-16/h3-33H,1-2H3;3-13H,1-2H3;2-11H,1H3. The van der Waals surface area contributed by atoms with Gasteiger partial charge in [0.2, 0.25) is 0 Å². The van der Waals surface area contributed by atoms with Gasteiger partial charge in [-0.2, -0.15) is 0 Å². The number of aryl methyl sites for hydroxylation is 5. The van der Waals surface area contributed by atoms with Gasteiger partial charge in [0.25, 0.3) is 0 Å². The van der Waals surface area contributed by atoms with E-state index in [0.29, 0.717) is 34.9 Å². The minimum absolute atomic E-state index is 0.609. The summed E-state index contributed by atoms with van der Waals surface area (Å²) in [7, 11) is 0. The summed E-state index contributed by atoms with van der Waals surface area (Å²) >= 11 is 7.10. The second kappa shape index (κ2) is 30.0. The fraction of sp³-hybridized carbons (Fsp3) is 0.0543. The SMILES string of the molecule is Cc1ccc(-c2ccc3ccccc3n2)cc1.Cc1ccc(-c2nc(-c3ccc(C)cc3)nc(-c3cc(-c4ccc(-c5ccc6ccccc6n5)cc4)cc(-c4ccc(-c5ccc6ccccc6n5)cc4)c3)n2)cc1.Cc1ccc(-c2nc(-c3ccc(C)cc3)nc(-c3cc(Br)cc(Br)c3)n2)cc1. The van der Waals surface area contributed by atoms with Crippen LogP contribution in [0.4, 0.5) is 0 Å². The summed E-state index contributed by atoms with van der Waals surface area (Å²) in [6.45, 7) is 10.4. The van der Waals surface area contributed by atoms with Gasteiger partial charge in [0.15, 0.2) is 34.9 Å². The monoisotopic (exact) mass is 1460 g/mol. The van der Waals surface area contributed by atoms with Crippen molar-refractivity contribution in [3.05, 3.63) is 352 Å². The van der Waals surface area contributed by atoms with Crippen molar-refractivity contribution in [1.82, 2.24) is 44.9 Å². The normalized spacial score (nSPS) is 11.1. The van der Waals surface area contributed by atoms with Gasteiger partial charge in [0.05, 0.1) is 33.6 Å². The largest absolute Gasteiger partial charge is 0.248 e. The number of rotatable bonds is 11. The molecule has 0 unspecified atom stereocenters. The minimum atomic E-state index is 0.609. The zero-order chi connectivity index (χ0) is 70.3. The molecule has 0 N–H and O–H groups in total. The highest BCUT2D eigenvalue weighted by Crippen LogP contribution is 2.37. The second-order valence-corrected chi connectivity index (χ2v) is 27.6. The van der Waals surface area contributed by atoms with Crippen molar-refractivity contribution in [2.24, 2.45) is 0 Å². The van der Waals surface area contributed by atoms with E-state index in [9.17, 15) is 0 Å². The molecule has 494 valence electrons. The van der Waals surface area contributed by atoms with Gasteiger partial charge in [-0.05, 0) is 130 Å². The molecular weight excluding hydrogens is 1390 g/mol. The van der Waals surface area contributed by atoms with Gasteiger partial charge in [0, 0.05) is 75.2 Å². The third kappa shape index (κ3) is 15.7. The van der Waals surface area contributed by atoms with Gasteiger partial charge in [-0.25, -0.2) is 44.9 Å². The molecule has 0 radical (unpaired) electrons. The molecule has 11 heteroatoms. The molecule has 12 aromatic carbocycles. The molecule has 0 atom stereocenters. The molecule has 0 fully saturated rings. The van der Waals surface area contributed by atoms with Crippen LogP contribution < -0.4 is 0 Å². The first-order chi connectivity index (χ1) is 50.3. The van der Waals surface area contributed by atoms with Crippen LogP contribution in [0.2, 0.25) is 0 Å². The predicted octanol–water partition coefficient (Wildman–Crippen LogP) is 24.5. The highest BCUT2D eigenvalue weighted by atomic mass is 79.9. The molecule has 0 amide bonds. The molecular formula is C92H67Br2N9. The van der Waals surface area contributed by atoms with Crippen LogP contribution >= 0.6 is 31.9 Å². The van der Waals surface area contributed by atoms with Gasteiger partial charge >= 0.3 is 0 Å². The first-order valence-corrected chi connectivity index (χ1v) is 35.7. The summed E-state index contributed by atoms with van der Waals surface area (Å²) in [5, 5.41) is 3.44. The van der Waals surface area contributed by atoms with Crippen molar-refractivity contribution in [3.63, 3.8) is 0 Å². The average molecular weight is 1460 g/mol. The quantitative estimate of drug-likeness (QED) is 0.125. The number of benzene rings is 12. The molecule has 0 bridgehead atoms. The Morgan fingerprint density at radius 2 is 0.398 bits per heavy atom. The van der Waals surface area contributed by atoms with Crippen LogP contribution in [0.1, 0.15) is 27.8 Å². The number of halogens is 2. The van der Waals surface area contributed by atoms with Gasteiger partial charge in [-0.15, -0.1) is 0 Å². The van der Waals surface area contributed by atoms with Crippen molar-refractivity contribution in [3.8, 4) is 124 Å². The molecule has 0 spiro atoms. The van der Waals surface area contributed by atoms with E-state index in [1.54, 1.807) is 0 Å². The third-order valence-corrected chi connectivity index (χ3v) is 18.9. The van der Waals surface area contributed by atoms with Gasteiger partial charge in [0.1, 0.15) is 0 Å². The van der Waals surface area contributed by atoms with Crippen LogP contribution in [-0.4, -0.2) is 44.9 Å². The van der Waals surface area contributed by atoms with Crippen molar-refractivity contribution in [1.29, 1.82) is 0 Å². The first-order valence-electron chi connectivity index (χ1n) is 34.1. The van der Waals surface area contributed by atoms with Gasteiger partial charge < -0.3 is 0 Å². The van der Waals surface area contributed by atoms with Crippen LogP contribution in [0.15, 0.2) is 324 Å². The maximum absolute atomic E-state index is 5.13. The Morgan fingerprint density at radius 1 is 0.175 bits per heavy atom. The molecule has 0 saturated carbocycles. The minimum Gasteiger partial charge on any atom is -0.248 e. The highest BCUT2D eigenvalue weighted by Gasteiger charge is 2.18. The zero-order valence-corrected chi connectivity index (χ0v) is 60.5. The Morgan fingerprint density at radius 3 is 0.689 bits per heavy atom. The molecule has 0 aliphatic carbocycles. The summed E-state index contributed by atoms with van der Waals surface area (Å²) in [6, 6.07) is 109. The fourth-order valence-corrected chi connectivity index (χ4v) is 13.5. The maximum atomic E-state index is 5.13. The molecule has 17 rings (SSSR count). The van der Waals surface area contributed by atoms with E-state index < -0.39 is 0 Å². The fourth-order valence-electron chi connectivity index (χ4n) is 12.2. The molecule has 0 saturated heterocycles. The lowest BCUT2D eigenvalue weighted by atomic mass is 9.94. The molecule has 0 aliphatic heterocycles. The van der Waals surface area contributed by atoms with Crippen LogP contribution in [0.3, 0.4) is 0 Å². The maximum Gasteiger partial charge on any atom is 0.164 e. The van der Waals surface area contributed by atoms with Crippen LogP contribution in [0.5, 0.6) is 0 Å². The lowest BCUT2D eigenvalue weighted by molar-refractivity contribution is 1.07. The van der Waals surface area contributed by atoms with Crippen LogP contribution in [0, 0.1) is 34.6 Å². The van der Waals surface area contributed by atoms with Gasteiger partial charge in [-0.3, -0.25) is 0 Å². The molecule has 5 heterocycles. The van der Waals surface area contributed by atoms with Crippen molar-refractivity contribution >= 4 is 64.6 Å². The molecule has 103 heavy (non-hydrogen) atoms.